The molecule has 0 amide bonds. The molecule has 33 heavy (non-hydrogen) atoms. The van der Waals surface area contributed by atoms with Crippen LogP contribution in [0.5, 0.6) is 5.75 Å². The van der Waals surface area contributed by atoms with Crippen molar-refractivity contribution >= 4 is 0 Å². The lowest BCUT2D eigenvalue weighted by Crippen LogP contribution is -2.16. The standard InChI is InChI=1S/C29H35F3O/c1-2-3-4-5-6-7-8-23-11-17-26(18-12-23)27-19-13-24(14-20-27)9-10-25-15-21-28(22-16-25)33-29(30,31)32/h13-16,19-23,26H,2-8,11-12,17-18H2,1H3. The third-order valence-corrected chi connectivity index (χ3v) is 6.63. The van der Waals surface area contributed by atoms with Crippen LogP contribution in [0.25, 0.3) is 0 Å². The monoisotopic (exact) mass is 456 g/mol. The molecule has 2 aromatic carbocycles. The van der Waals surface area contributed by atoms with Crippen molar-refractivity contribution < 1.29 is 17.9 Å². The van der Waals surface area contributed by atoms with E-state index >= 15 is 0 Å². The normalized spacial score (nSPS) is 18.4. The highest BCUT2D eigenvalue weighted by atomic mass is 19.4. The minimum absolute atomic E-state index is 0.237. The van der Waals surface area contributed by atoms with Crippen LogP contribution in [0.2, 0.25) is 0 Å². The van der Waals surface area contributed by atoms with Crippen LogP contribution in [-0.4, -0.2) is 6.36 Å². The van der Waals surface area contributed by atoms with E-state index in [0.717, 1.165) is 11.5 Å². The smallest absolute Gasteiger partial charge is 0.406 e. The second-order valence-electron chi connectivity index (χ2n) is 9.22. The Kier molecular flexibility index (Phi) is 9.73. The van der Waals surface area contributed by atoms with Gasteiger partial charge in [0.1, 0.15) is 5.75 Å². The zero-order valence-corrected chi connectivity index (χ0v) is 19.6. The van der Waals surface area contributed by atoms with Gasteiger partial charge in [0.25, 0.3) is 0 Å². The molecule has 0 unspecified atom stereocenters. The first-order valence-corrected chi connectivity index (χ1v) is 12.4. The number of unbranched alkanes of at least 4 members (excludes halogenated alkanes) is 5. The summed E-state index contributed by atoms with van der Waals surface area (Å²) in [6.07, 6.45) is 10.2. The van der Waals surface area contributed by atoms with Crippen LogP contribution in [-0.2, 0) is 0 Å². The molecular weight excluding hydrogens is 421 g/mol. The van der Waals surface area contributed by atoms with E-state index in [1.807, 2.05) is 12.1 Å². The van der Waals surface area contributed by atoms with Crippen LogP contribution in [0, 0.1) is 17.8 Å². The first-order chi connectivity index (χ1) is 15.9. The van der Waals surface area contributed by atoms with Gasteiger partial charge in [-0.1, -0.05) is 75.8 Å². The Labute approximate surface area is 196 Å². The van der Waals surface area contributed by atoms with E-state index in [1.54, 1.807) is 0 Å². The number of rotatable bonds is 9. The molecule has 3 rings (SSSR count). The van der Waals surface area contributed by atoms with Gasteiger partial charge in [0, 0.05) is 11.1 Å². The number of alkyl halides is 3. The van der Waals surface area contributed by atoms with Crippen LogP contribution < -0.4 is 4.74 Å². The fourth-order valence-corrected chi connectivity index (χ4v) is 4.72. The Balaban J connectivity index is 1.43. The summed E-state index contributed by atoms with van der Waals surface area (Å²) in [4.78, 5) is 0. The van der Waals surface area contributed by atoms with Crippen LogP contribution in [0.3, 0.4) is 0 Å². The molecule has 178 valence electrons. The van der Waals surface area contributed by atoms with E-state index in [9.17, 15) is 13.2 Å². The maximum atomic E-state index is 12.2. The zero-order valence-electron chi connectivity index (χ0n) is 19.6. The zero-order chi connectivity index (χ0) is 23.5. The van der Waals surface area contributed by atoms with E-state index in [4.69, 9.17) is 0 Å². The maximum absolute atomic E-state index is 12.2. The Morgan fingerprint density at radius 3 is 1.88 bits per heavy atom. The predicted molar refractivity (Wildman–Crippen MR) is 128 cm³/mol. The quantitative estimate of drug-likeness (QED) is 0.270. The van der Waals surface area contributed by atoms with Crippen molar-refractivity contribution in [3.05, 3.63) is 65.2 Å². The van der Waals surface area contributed by atoms with Gasteiger partial charge in [-0.2, -0.15) is 0 Å². The van der Waals surface area contributed by atoms with Gasteiger partial charge < -0.3 is 4.74 Å². The number of halogens is 3. The van der Waals surface area contributed by atoms with Crippen molar-refractivity contribution in [1.29, 1.82) is 0 Å². The third-order valence-electron chi connectivity index (χ3n) is 6.63. The number of benzene rings is 2. The Hall–Kier alpha value is -2.41. The van der Waals surface area contributed by atoms with Crippen LogP contribution in [0.1, 0.15) is 100 Å². The summed E-state index contributed by atoms with van der Waals surface area (Å²) in [6.45, 7) is 2.27. The van der Waals surface area contributed by atoms with Gasteiger partial charge in [0.15, 0.2) is 0 Å². The molecule has 0 aromatic heterocycles. The lowest BCUT2D eigenvalue weighted by Gasteiger charge is -2.29. The predicted octanol–water partition coefficient (Wildman–Crippen LogP) is 9.01. The molecule has 0 heterocycles. The third kappa shape index (κ3) is 9.16. The summed E-state index contributed by atoms with van der Waals surface area (Å²) in [5.41, 5.74) is 2.95. The second kappa shape index (κ2) is 12.7. The molecule has 0 bridgehead atoms. The second-order valence-corrected chi connectivity index (χ2v) is 9.22. The highest BCUT2D eigenvalue weighted by Crippen LogP contribution is 2.37. The Morgan fingerprint density at radius 2 is 1.30 bits per heavy atom. The molecule has 0 saturated heterocycles. The van der Waals surface area contributed by atoms with Gasteiger partial charge in [-0.05, 0) is 79.5 Å². The average Bonchev–Trinajstić information content (AvgIpc) is 2.81. The number of hydrogen-bond donors (Lipinski definition) is 0. The van der Waals surface area contributed by atoms with Gasteiger partial charge in [-0.25, -0.2) is 0 Å². The molecule has 2 aromatic rings. The summed E-state index contributed by atoms with van der Waals surface area (Å²) >= 11 is 0. The topological polar surface area (TPSA) is 9.23 Å². The number of hydrogen-bond acceptors (Lipinski definition) is 1. The summed E-state index contributed by atoms with van der Waals surface area (Å²) in [5, 5.41) is 0. The molecule has 0 atom stereocenters. The highest BCUT2D eigenvalue weighted by molar-refractivity contribution is 5.45. The fourth-order valence-electron chi connectivity index (χ4n) is 4.72. The molecule has 0 N–H and O–H groups in total. The van der Waals surface area contributed by atoms with Crippen molar-refractivity contribution in [2.45, 2.75) is 89.8 Å². The average molecular weight is 457 g/mol. The maximum Gasteiger partial charge on any atom is 0.573 e. The van der Waals surface area contributed by atoms with E-state index in [1.165, 1.54) is 100 Å². The molecule has 1 aliphatic carbocycles. The summed E-state index contributed by atoms with van der Waals surface area (Å²) in [6, 6.07) is 14.1. The van der Waals surface area contributed by atoms with Gasteiger partial charge in [0.05, 0.1) is 0 Å². The molecule has 4 heteroatoms. The van der Waals surface area contributed by atoms with Crippen LogP contribution >= 0.6 is 0 Å². The molecular formula is C29H35F3O. The minimum Gasteiger partial charge on any atom is -0.406 e. The summed E-state index contributed by atoms with van der Waals surface area (Å²) in [5.74, 6) is 7.42. The molecule has 1 fully saturated rings. The van der Waals surface area contributed by atoms with Crippen LogP contribution in [0.15, 0.2) is 48.5 Å². The first kappa shape index (κ1) is 25.2. The van der Waals surface area contributed by atoms with E-state index in [2.05, 4.69) is 35.6 Å². The summed E-state index contributed by atoms with van der Waals surface area (Å²) < 4.78 is 40.6. The van der Waals surface area contributed by atoms with E-state index < -0.39 is 6.36 Å². The molecule has 0 aliphatic heterocycles. The van der Waals surface area contributed by atoms with E-state index in [-0.39, 0.29) is 5.75 Å². The van der Waals surface area contributed by atoms with E-state index in [0.29, 0.717) is 11.5 Å². The lowest BCUT2D eigenvalue weighted by atomic mass is 9.77. The molecule has 0 radical (unpaired) electrons. The number of ether oxygens (including phenoxy) is 1. The molecule has 1 aliphatic rings. The van der Waals surface area contributed by atoms with Crippen molar-refractivity contribution in [1.82, 2.24) is 0 Å². The lowest BCUT2D eigenvalue weighted by molar-refractivity contribution is -0.274. The highest BCUT2D eigenvalue weighted by Gasteiger charge is 2.30. The minimum atomic E-state index is -4.68. The van der Waals surface area contributed by atoms with Gasteiger partial charge in [-0.15, -0.1) is 13.2 Å². The first-order valence-electron chi connectivity index (χ1n) is 12.4. The van der Waals surface area contributed by atoms with Gasteiger partial charge >= 0.3 is 6.36 Å². The van der Waals surface area contributed by atoms with Crippen molar-refractivity contribution in [2.75, 3.05) is 0 Å². The van der Waals surface area contributed by atoms with Gasteiger partial charge in [-0.3, -0.25) is 0 Å². The Bertz CT molecular complexity index is 880. The largest absolute Gasteiger partial charge is 0.573 e. The fraction of sp³-hybridized carbons (Fsp3) is 0.517. The Morgan fingerprint density at radius 1 is 0.758 bits per heavy atom. The van der Waals surface area contributed by atoms with Crippen molar-refractivity contribution in [2.24, 2.45) is 5.92 Å². The van der Waals surface area contributed by atoms with Crippen LogP contribution in [0.4, 0.5) is 13.2 Å². The van der Waals surface area contributed by atoms with Crippen molar-refractivity contribution in [3.63, 3.8) is 0 Å². The SMILES string of the molecule is CCCCCCCCC1CCC(c2ccc(C#Cc3ccc(OC(F)(F)F)cc3)cc2)CC1. The molecule has 1 nitrogen and oxygen atoms in total. The molecule has 1 saturated carbocycles. The molecule has 0 spiro atoms. The van der Waals surface area contributed by atoms with Crippen molar-refractivity contribution in [3.8, 4) is 17.6 Å². The summed E-state index contributed by atoms with van der Waals surface area (Å²) in [7, 11) is 0. The van der Waals surface area contributed by atoms with Gasteiger partial charge in [0.2, 0.25) is 0 Å².